The predicted molar refractivity (Wildman–Crippen MR) is 147 cm³/mol. The first kappa shape index (κ1) is 27.5. The molecule has 0 saturated carbocycles. The van der Waals surface area contributed by atoms with Crippen LogP contribution in [0.3, 0.4) is 0 Å². The van der Waals surface area contributed by atoms with E-state index in [2.05, 4.69) is 4.74 Å². The molecular formula is C31H29O5P. The molecule has 0 bridgehead atoms. The van der Waals surface area contributed by atoms with Crippen molar-refractivity contribution >= 4 is 35.7 Å². The fourth-order valence-electron chi connectivity index (χ4n) is 4.24. The molecule has 4 aromatic rings. The highest BCUT2D eigenvalue weighted by atomic mass is 31.2. The summed E-state index contributed by atoms with van der Waals surface area (Å²) in [6.07, 6.45) is 0. The Morgan fingerprint density at radius 3 is 1.59 bits per heavy atom. The Balaban J connectivity index is 0.000000266. The van der Waals surface area contributed by atoms with Gasteiger partial charge < -0.3 is 9.30 Å². The fourth-order valence-corrected chi connectivity index (χ4v) is 6.86. The molecule has 188 valence electrons. The van der Waals surface area contributed by atoms with Crippen LogP contribution in [0.4, 0.5) is 0 Å². The van der Waals surface area contributed by atoms with E-state index in [0.717, 1.165) is 22.3 Å². The SMILES string of the molecule is Cc1cc(C)c(C(=O)P(=O)(c2ccccc2)c2ccccc2)c(C)c1.Cc1ccccc1C(=O)OC=O. The molecule has 0 atom stereocenters. The lowest BCUT2D eigenvalue weighted by molar-refractivity contribution is -0.123. The molecule has 0 N–H and O–H groups in total. The van der Waals surface area contributed by atoms with Gasteiger partial charge in [0.2, 0.25) is 12.7 Å². The van der Waals surface area contributed by atoms with Gasteiger partial charge in [0.15, 0.2) is 0 Å². The first-order chi connectivity index (χ1) is 17.7. The topological polar surface area (TPSA) is 77.5 Å². The molecule has 0 aliphatic rings. The molecule has 0 fully saturated rings. The van der Waals surface area contributed by atoms with E-state index in [-0.39, 0.29) is 12.0 Å². The lowest BCUT2D eigenvalue weighted by atomic mass is 10.0. The third-order valence-corrected chi connectivity index (χ3v) is 8.78. The minimum Gasteiger partial charge on any atom is -0.392 e. The lowest BCUT2D eigenvalue weighted by Gasteiger charge is -2.20. The van der Waals surface area contributed by atoms with E-state index in [9.17, 15) is 18.9 Å². The molecule has 0 aliphatic heterocycles. The highest BCUT2D eigenvalue weighted by Gasteiger charge is 2.37. The fraction of sp³-hybridized carbons (Fsp3) is 0.129. The van der Waals surface area contributed by atoms with Crippen LogP contribution in [0, 0.1) is 27.7 Å². The smallest absolute Gasteiger partial charge is 0.345 e. The van der Waals surface area contributed by atoms with Gasteiger partial charge in [0.25, 0.3) is 0 Å². The Morgan fingerprint density at radius 1 is 0.676 bits per heavy atom. The van der Waals surface area contributed by atoms with E-state index in [1.165, 1.54) is 0 Å². The van der Waals surface area contributed by atoms with E-state index in [1.807, 2.05) is 75.4 Å². The molecule has 0 spiro atoms. The molecule has 37 heavy (non-hydrogen) atoms. The molecule has 4 rings (SSSR count). The summed E-state index contributed by atoms with van der Waals surface area (Å²) in [4.78, 5) is 34.4. The molecule has 0 unspecified atom stereocenters. The van der Waals surface area contributed by atoms with Gasteiger partial charge in [-0.1, -0.05) is 96.6 Å². The Morgan fingerprint density at radius 2 is 1.14 bits per heavy atom. The van der Waals surface area contributed by atoms with Gasteiger partial charge in [-0.2, -0.15) is 0 Å². The second-order valence-corrected chi connectivity index (χ2v) is 11.3. The van der Waals surface area contributed by atoms with Crippen LogP contribution in [0.25, 0.3) is 0 Å². The normalized spacial score (nSPS) is 10.6. The van der Waals surface area contributed by atoms with Gasteiger partial charge in [-0.05, 0) is 50.5 Å². The summed E-state index contributed by atoms with van der Waals surface area (Å²) < 4.78 is 18.3. The summed E-state index contributed by atoms with van der Waals surface area (Å²) in [6, 6.07) is 29.0. The number of carbonyl (C=O) groups is 3. The van der Waals surface area contributed by atoms with E-state index in [1.54, 1.807) is 49.4 Å². The minimum atomic E-state index is -3.44. The molecule has 6 heteroatoms. The number of esters is 1. The number of hydrogen-bond acceptors (Lipinski definition) is 5. The number of aryl methyl sites for hydroxylation is 4. The van der Waals surface area contributed by atoms with Gasteiger partial charge in [0, 0.05) is 16.2 Å². The van der Waals surface area contributed by atoms with Crippen molar-refractivity contribution in [3.05, 3.63) is 130 Å². The summed E-state index contributed by atoms with van der Waals surface area (Å²) in [7, 11) is -3.44. The molecule has 4 aromatic carbocycles. The van der Waals surface area contributed by atoms with E-state index >= 15 is 0 Å². The van der Waals surface area contributed by atoms with Crippen molar-refractivity contribution in [1.29, 1.82) is 0 Å². The van der Waals surface area contributed by atoms with Crippen molar-refractivity contribution in [1.82, 2.24) is 0 Å². The maximum atomic E-state index is 14.2. The first-order valence-electron chi connectivity index (χ1n) is 11.7. The molecule has 0 amide bonds. The number of carbonyl (C=O) groups excluding carboxylic acids is 3. The number of ether oxygens (including phenoxy) is 1. The van der Waals surface area contributed by atoms with Gasteiger partial charge in [-0.25, -0.2) is 4.79 Å². The van der Waals surface area contributed by atoms with Crippen LogP contribution in [0.1, 0.15) is 43.0 Å². The number of hydrogen-bond donors (Lipinski definition) is 0. The molecular weight excluding hydrogens is 483 g/mol. The quantitative estimate of drug-likeness (QED) is 0.136. The van der Waals surface area contributed by atoms with Crippen LogP contribution in [0.15, 0.2) is 97.1 Å². The third-order valence-electron chi connectivity index (χ3n) is 5.94. The second-order valence-electron chi connectivity index (χ2n) is 8.68. The van der Waals surface area contributed by atoms with Crippen molar-refractivity contribution in [3.63, 3.8) is 0 Å². The summed E-state index contributed by atoms with van der Waals surface area (Å²) in [5.41, 5.74) is 4.33. The van der Waals surface area contributed by atoms with Crippen molar-refractivity contribution < 1.29 is 23.7 Å². The predicted octanol–water partition coefficient (Wildman–Crippen LogP) is 6.07. The standard InChI is InChI=1S/C22H21O2P.C9H8O3/c1-16-14-17(2)21(18(3)15-16)22(23)25(24,19-10-6-4-7-11-19)20-12-8-5-9-13-20;1-7-4-2-3-5-8(7)9(11)12-6-10/h4-15H,1-3H3;2-6H,1H3. The van der Waals surface area contributed by atoms with Crippen LogP contribution in [0.2, 0.25) is 0 Å². The lowest BCUT2D eigenvalue weighted by Crippen LogP contribution is -2.23. The van der Waals surface area contributed by atoms with Gasteiger partial charge in [-0.3, -0.25) is 9.59 Å². The summed E-state index contributed by atoms with van der Waals surface area (Å²) in [5.74, 6) is -0.608. The van der Waals surface area contributed by atoms with Crippen LogP contribution < -0.4 is 10.6 Å². The molecule has 0 radical (unpaired) electrons. The van der Waals surface area contributed by atoms with E-state index in [0.29, 0.717) is 21.7 Å². The number of benzene rings is 4. The second kappa shape index (κ2) is 12.2. The average Bonchev–Trinajstić information content (AvgIpc) is 2.89. The Bertz CT molecular complexity index is 1390. The van der Waals surface area contributed by atoms with Crippen molar-refractivity contribution in [2.45, 2.75) is 27.7 Å². The third kappa shape index (κ3) is 6.19. The Hall–Kier alpha value is -4.08. The largest absolute Gasteiger partial charge is 0.392 e. The summed E-state index contributed by atoms with van der Waals surface area (Å²) >= 11 is 0. The summed E-state index contributed by atoms with van der Waals surface area (Å²) in [5, 5.41) is 1.15. The maximum Gasteiger partial charge on any atom is 0.345 e. The zero-order valence-electron chi connectivity index (χ0n) is 21.3. The Labute approximate surface area is 217 Å². The van der Waals surface area contributed by atoms with E-state index in [4.69, 9.17) is 0 Å². The summed E-state index contributed by atoms with van der Waals surface area (Å²) in [6.45, 7) is 7.74. The van der Waals surface area contributed by atoms with Crippen molar-refractivity contribution in [2.75, 3.05) is 0 Å². The Kier molecular flexibility index (Phi) is 9.10. The molecule has 0 aromatic heterocycles. The zero-order chi connectivity index (χ0) is 27.0. The van der Waals surface area contributed by atoms with Crippen molar-refractivity contribution in [3.8, 4) is 0 Å². The monoisotopic (exact) mass is 512 g/mol. The molecule has 0 aliphatic carbocycles. The van der Waals surface area contributed by atoms with Crippen LogP contribution in [-0.4, -0.2) is 18.0 Å². The number of rotatable bonds is 6. The van der Waals surface area contributed by atoms with E-state index < -0.39 is 13.1 Å². The van der Waals surface area contributed by atoms with Crippen LogP contribution >= 0.6 is 7.14 Å². The zero-order valence-corrected chi connectivity index (χ0v) is 22.2. The van der Waals surface area contributed by atoms with Gasteiger partial charge in [0.05, 0.1) is 5.56 Å². The van der Waals surface area contributed by atoms with Crippen LogP contribution in [-0.2, 0) is 14.1 Å². The highest BCUT2D eigenvalue weighted by Crippen LogP contribution is 2.47. The van der Waals surface area contributed by atoms with Gasteiger partial charge in [-0.15, -0.1) is 0 Å². The maximum absolute atomic E-state index is 14.2. The van der Waals surface area contributed by atoms with Crippen molar-refractivity contribution in [2.24, 2.45) is 0 Å². The molecule has 5 nitrogen and oxygen atoms in total. The first-order valence-corrected chi connectivity index (χ1v) is 13.4. The minimum absolute atomic E-state index is 0.134. The molecule has 0 saturated heterocycles. The highest BCUT2D eigenvalue weighted by molar-refractivity contribution is 7.93. The molecule has 0 heterocycles. The van der Waals surface area contributed by atoms with Crippen LogP contribution in [0.5, 0.6) is 0 Å². The average molecular weight is 513 g/mol. The van der Waals surface area contributed by atoms with Gasteiger partial charge >= 0.3 is 12.4 Å². The van der Waals surface area contributed by atoms with Gasteiger partial charge in [0.1, 0.15) is 0 Å².